The maximum atomic E-state index is 11.6. The molecule has 0 atom stereocenters. The third kappa shape index (κ3) is 3.36. The topological polar surface area (TPSA) is 92.9 Å². The third-order valence-electron chi connectivity index (χ3n) is 3.84. The average Bonchev–Trinajstić information content (AvgIpc) is 2.87. The first-order valence-electron chi connectivity index (χ1n) is 7.65. The van der Waals surface area contributed by atoms with Crippen molar-refractivity contribution >= 4 is 28.2 Å². The zero-order valence-electron chi connectivity index (χ0n) is 13.6. The number of anilines is 1. The molecule has 3 aromatic rings. The number of aromatic hydroxyl groups is 1. The van der Waals surface area contributed by atoms with Crippen LogP contribution in [0.15, 0.2) is 53.7 Å². The van der Waals surface area contributed by atoms with E-state index in [0.29, 0.717) is 23.1 Å². The average molecular weight is 339 g/mol. The monoisotopic (exact) mass is 339 g/mol. The van der Waals surface area contributed by atoms with Crippen LogP contribution in [-0.4, -0.2) is 29.3 Å². The number of fused-ring (bicyclic) bond motifs is 1. The maximum Gasteiger partial charge on any atom is 0.250 e. The molecule has 0 fully saturated rings. The summed E-state index contributed by atoms with van der Waals surface area (Å²) in [4.78, 5) is 22.9. The van der Waals surface area contributed by atoms with Crippen LogP contribution in [0.5, 0.6) is 5.88 Å². The van der Waals surface area contributed by atoms with Crippen LogP contribution < -0.4 is 5.32 Å². The fraction of sp³-hybridized carbons (Fsp3) is 0.167. The van der Waals surface area contributed by atoms with Crippen molar-refractivity contribution in [2.75, 3.05) is 19.0 Å². The lowest BCUT2D eigenvalue weighted by atomic mass is 10.2. The summed E-state index contributed by atoms with van der Waals surface area (Å²) in [5.41, 5.74) is 2.08. The molecule has 0 aliphatic heterocycles. The number of nitroso groups, excluding NO2 is 1. The number of nitrogens with one attached hydrogen (secondary N) is 1. The number of hydrogen-bond acceptors (Lipinski definition) is 5. The molecule has 7 heteroatoms. The summed E-state index contributed by atoms with van der Waals surface area (Å²) < 4.78 is 6.39. The number of ether oxygens (including phenoxy) is 1. The Balaban J connectivity index is 2.03. The van der Waals surface area contributed by atoms with E-state index in [4.69, 9.17) is 4.74 Å². The van der Waals surface area contributed by atoms with E-state index >= 15 is 0 Å². The number of aromatic nitrogens is 1. The highest BCUT2D eigenvalue weighted by molar-refractivity contribution is 6.00. The van der Waals surface area contributed by atoms with Crippen LogP contribution in [0.2, 0.25) is 0 Å². The van der Waals surface area contributed by atoms with Crippen LogP contribution in [0.25, 0.3) is 10.9 Å². The minimum atomic E-state index is -0.310. The lowest BCUT2D eigenvalue weighted by Crippen LogP contribution is -2.16. The predicted molar refractivity (Wildman–Crippen MR) is 95.1 cm³/mol. The largest absolute Gasteiger partial charge is 0.493 e. The van der Waals surface area contributed by atoms with Crippen molar-refractivity contribution in [3.8, 4) is 5.88 Å². The van der Waals surface area contributed by atoms with E-state index in [1.54, 1.807) is 22.8 Å². The van der Waals surface area contributed by atoms with E-state index in [0.717, 1.165) is 5.56 Å². The first-order chi connectivity index (χ1) is 12.1. The summed E-state index contributed by atoms with van der Waals surface area (Å²) in [6, 6.07) is 14.6. The van der Waals surface area contributed by atoms with Gasteiger partial charge in [-0.15, -0.1) is 4.91 Å². The van der Waals surface area contributed by atoms with Crippen molar-refractivity contribution in [2.45, 2.75) is 6.54 Å². The first kappa shape index (κ1) is 16.7. The van der Waals surface area contributed by atoms with Crippen LogP contribution in [0.4, 0.5) is 11.4 Å². The van der Waals surface area contributed by atoms with Crippen molar-refractivity contribution in [1.82, 2.24) is 4.57 Å². The second-order valence-electron chi connectivity index (χ2n) is 5.55. The zero-order valence-corrected chi connectivity index (χ0v) is 13.6. The van der Waals surface area contributed by atoms with Gasteiger partial charge >= 0.3 is 0 Å². The summed E-state index contributed by atoms with van der Waals surface area (Å²) in [6.07, 6.45) is 0. The summed E-state index contributed by atoms with van der Waals surface area (Å²) in [6.45, 7) is 0.325. The highest BCUT2D eigenvalue weighted by Crippen LogP contribution is 2.40. The molecule has 0 radical (unpaired) electrons. The van der Waals surface area contributed by atoms with Crippen molar-refractivity contribution < 1.29 is 14.6 Å². The minimum absolute atomic E-state index is 0.0474. The molecular weight excluding hydrogens is 322 g/mol. The summed E-state index contributed by atoms with van der Waals surface area (Å²) in [5.74, 6) is -0.510. The van der Waals surface area contributed by atoms with Gasteiger partial charge in [-0.1, -0.05) is 30.3 Å². The Kier molecular flexibility index (Phi) is 4.76. The van der Waals surface area contributed by atoms with Gasteiger partial charge in [-0.3, -0.25) is 4.79 Å². The van der Waals surface area contributed by atoms with Crippen LogP contribution in [0.3, 0.4) is 0 Å². The third-order valence-corrected chi connectivity index (χ3v) is 3.84. The normalized spacial score (nSPS) is 10.8. The van der Waals surface area contributed by atoms with Gasteiger partial charge in [0, 0.05) is 18.2 Å². The first-order valence-corrected chi connectivity index (χ1v) is 7.65. The SMILES string of the molecule is COCC(=O)Nc1ccc2c(c1)c(N=O)c(O)n2Cc1ccccc1. The van der Waals surface area contributed by atoms with Gasteiger partial charge in [-0.25, -0.2) is 0 Å². The lowest BCUT2D eigenvalue weighted by molar-refractivity contribution is -0.119. The summed E-state index contributed by atoms with van der Waals surface area (Å²) >= 11 is 0. The second kappa shape index (κ2) is 7.14. The van der Waals surface area contributed by atoms with Crippen molar-refractivity contribution in [2.24, 2.45) is 5.18 Å². The molecular formula is C18H17N3O4. The molecule has 25 heavy (non-hydrogen) atoms. The van der Waals surface area contributed by atoms with E-state index in [-0.39, 0.29) is 24.1 Å². The number of hydrogen-bond donors (Lipinski definition) is 2. The lowest BCUT2D eigenvalue weighted by Gasteiger charge is -2.08. The Morgan fingerprint density at radius 3 is 2.68 bits per heavy atom. The van der Waals surface area contributed by atoms with Crippen LogP contribution in [0, 0.1) is 4.91 Å². The van der Waals surface area contributed by atoms with E-state index in [2.05, 4.69) is 10.5 Å². The highest BCUT2D eigenvalue weighted by Gasteiger charge is 2.18. The maximum absolute atomic E-state index is 11.6. The fourth-order valence-electron chi connectivity index (χ4n) is 2.75. The molecule has 2 N–H and O–H groups in total. The van der Waals surface area contributed by atoms with Gasteiger partial charge in [-0.2, -0.15) is 0 Å². The highest BCUT2D eigenvalue weighted by atomic mass is 16.5. The fourth-order valence-corrected chi connectivity index (χ4v) is 2.75. The van der Waals surface area contributed by atoms with Gasteiger partial charge in [0.15, 0.2) is 5.69 Å². The van der Waals surface area contributed by atoms with Crippen molar-refractivity contribution in [3.05, 3.63) is 59.0 Å². The molecule has 1 heterocycles. The van der Waals surface area contributed by atoms with E-state index in [1.165, 1.54) is 7.11 Å². The number of benzene rings is 2. The Morgan fingerprint density at radius 1 is 1.24 bits per heavy atom. The predicted octanol–water partition coefficient (Wildman–Crippen LogP) is 3.38. The molecule has 3 rings (SSSR count). The molecule has 128 valence electrons. The smallest absolute Gasteiger partial charge is 0.250 e. The molecule has 0 saturated carbocycles. The number of carbonyl (C=O) groups excluding carboxylic acids is 1. The molecule has 0 aliphatic rings. The van der Waals surface area contributed by atoms with Crippen molar-refractivity contribution in [1.29, 1.82) is 0 Å². The molecule has 0 unspecified atom stereocenters. The molecule has 0 saturated heterocycles. The van der Waals surface area contributed by atoms with Gasteiger partial charge in [-0.05, 0) is 28.9 Å². The molecule has 0 bridgehead atoms. The molecule has 1 aromatic heterocycles. The number of amides is 1. The Labute approximate surface area is 143 Å². The van der Waals surface area contributed by atoms with Gasteiger partial charge in [0.2, 0.25) is 11.8 Å². The number of rotatable bonds is 6. The standard InChI is InChI=1S/C18H17N3O4/c1-25-11-16(22)19-13-7-8-15-14(9-13)17(20-24)18(23)21(15)10-12-5-3-2-4-6-12/h2-9,23H,10-11H2,1H3,(H,19,22). The van der Waals surface area contributed by atoms with Crippen LogP contribution in [0.1, 0.15) is 5.56 Å². The number of nitrogens with zero attached hydrogens (tertiary/aromatic N) is 2. The molecule has 2 aromatic carbocycles. The number of methoxy groups -OCH3 is 1. The van der Waals surface area contributed by atoms with Gasteiger partial charge in [0.1, 0.15) is 6.61 Å². The molecule has 7 nitrogen and oxygen atoms in total. The minimum Gasteiger partial charge on any atom is -0.493 e. The van der Waals surface area contributed by atoms with Gasteiger partial charge < -0.3 is 19.7 Å². The quantitative estimate of drug-likeness (QED) is 0.673. The van der Waals surface area contributed by atoms with Gasteiger partial charge in [0.05, 0.1) is 12.1 Å². The van der Waals surface area contributed by atoms with Crippen molar-refractivity contribution in [3.63, 3.8) is 0 Å². The summed E-state index contributed by atoms with van der Waals surface area (Å²) in [7, 11) is 1.43. The van der Waals surface area contributed by atoms with Gasteiger partial charge in [0.25, 0.3) is 0 Å². The second-order valence-corrected chi connectivity index (χ2v) is 5.55. The Morgan fingerprint density at radius 2 is 2.00 bits per heavy atom. The summed E-state index contributed by atoms with van der Waals surface area (Å²) in [5, 5.41) is 16.5. The van der Waals surface area contributed by atoms with E-state index in [1.807, 2.05) is 30.3 Å². The van der Waals surface area contributed by atoms with Crippen LogP contribution in [-0.2, 0) is 16.1 Å². The Hall–Kier alpha value is -3.19. The Bertz CT molecular complexity index is 919. The number of carbonyl (C=O) groups is 1. The zero-order chi connectivity index (χ0) is 17.8. The van der Waals surface area contributed by atoms with E-state index in [9.17, 15) is 14.8 Å². The molecule has 0 spiro atoms. The van der Waals surface area contributed by atoms with E-state index < -0.39 is 0 Å². The van der Waals surface area contributed by atoms with Crippen LogP contribution >= 0.6 is 0 Å². The molecule has 1 amide bonds. The molecule has 0 aliphatic carbocycles.